The van der Waals surface area contributed by atoms with Crippen LogP contribution < -0.4 is 5.32 Å². The van der Waals surface area contributed by atoms with Crippen LogP contribution >= 0.6 is 11.3 Å². The van der Waals surface area contributed by atoms with Gasteiger partial charge in [-0.15, -0.1) is 11.3 Å². The van der Waals surface area contributed by atoms with Crippen molar-refractivity contribution in [3.8, 4) is 0 Å². The molecule has 0 unspecified atom stereocenters. The Bertz CT molecular complexity index is 569. The lowest BCUT2D eigenvalue weighted by molar-refractivity contribution is 0.184. The van der Waals surface area contributed by atoms with Crippen molar-refractivity contribution in [2.24, 2.45) is 5.92 Å². The first-order valence-corrected chi connectivity index (χ1v) is 7.72. The van der Waals surface area contributed by atoms with Gasteiger partial charge in [0.15, 0.2) is 0 Å². The Balaban J connectivity index is 1.81. The Kier molecular flexibility index (Phi) is 3.66. The van der Waals surface area contributed by atoms with Crippen molar-refractivity contribution in [1.29, 1.82) is 0 Å². The molecular weight excluding hydrogens is 258 g/mol. The first-order chi connectivity index (χ1) is 9.28. The molecule has 1 fully saturated rings. The van der Waals surface area contributed by atoms with Crippen molar-refractivity contribution in [3.05, 3.63) is 17.3 Å². The summed E-state index contributed by atoms with van der Waals surface area (Å²) in [5.74, 6) is 1.39. The predicted molar refractivity (Wildman–Crippen MR) is 78.6 cm³/mol. The van der Waals surface area contributed by atoms with E-state index < -0.39 is 0 Å². The van der Waals surface area contributed by atoms with Crippen molar-refractivity contribution >= 4 is 27.4 Å². The van der Waals surface area contributed by atoms with Gasteiger partial charge in [-0.05, 0) is 43.0 Å². The van der Waals surface area contributed by atoms with E-state index in [0.29, 0.717) is 18.6 Å². The average molecular weight is 277 g/mol. The van der Waals surface area contributed by atoms with E-state index in [1.54, 1.807) is 17.7 Å². The molecule has 0 amide bonds. The van der Waals surface area contributed by atoms with Crippen LogP contribution in [-0.4, -0.2) is 27.7 Å². The number of aryl methyl sites for hydroxylation is 1. The Hall–Kier alpha value is -1.20. The molecule has 1 aliphatic rings. The van der Waals surface area contributed by atoms with Crippen LogP contribution in [0.5, 0.6) is 0 Å². The number of hydrogen-bond acceptors (Lipinski definition) is 5. The lowest BCUT2D eigenvalue weighted by atomic mass is 9.86. The molecule has 2 aromatic rings. The van der Waals surface area contributed by atoms with E-state index >= 15 is 0 Å². The number of fused-ring (bicyclic) bond motifs is 1. The second kappa shape index (κ2) is 5.43. The molecule has 0 bridgehead atoms. The topological polar surface area (TPSA) is 58.0 Å². The van der Waals surface area contributed by atoms with Gasteiger partial charge in [0.2, 0.25) is 0 Å². The standard InChI is InChI=1S/C14H19N3OS/c1-9-7-19-13-12(9)15-8-16-14(13)17-11-4-2-3-10(5-11)6-18/h7-8,10-11,18H,2-6H2,1H3,(H,15,16,17)/t10-,11-/m1/s1. The molecule has 0 aromatic carbocycles. The van der Waals surface area contributed by atoms with Crippen LogP contribution in [0.25, 0.3) is 10.2 Å². The minimum atomic E-state index is 0.301. The Labute approximate surface area is 116 Å². The third kappa shape index (κ3) is 2.58. The van der Waals surface area contributed by atoms with E-state index in [1.165, 1.54) is 12.0 Å². The molecule has 2 aromatic heterocycles. The van der Waals surface area contributed by atoms with Crippen LogP contribution in [0.3, 0.4) is 0 Å². The minimum absolute atomic E-state index is 0.301. The molecule has 5 heteroatoms. The van der Waals surface area contributed by atoms with Crippen LogP contribution in [0.1, 0.15) is 31.2 Å². The van der Waals surface area contributed by atoms with Gasteiger partial charge < -0.3 is 10.4 Å². The SMILES string of the molecule is Cc1csc2c(N[C@@H]3CCC[C@@H](CO)C3)ncnc12. The summed E-state index contributed by atoms with van der Waals surface area (Å²) in [5, 5.41) is 15.0. The summed E-state index contributed by atoms with van der Waals surface area (Å²) in [4.78, 5) is 8.74. The van der Waals surface area contributed by atoms with Crippen molar-refractivity contribution in [1.82, 2.24) is 9.97 Å². The van der Waals surface area contributed by atoms with Crippen LogP contribution in [0, 0.1) is 12.8 Å². The highest BCUT2D eigenvalue weighted by molar-refractivity contribution is 7.18. The van der Waals surface area contributed by atoms with Gasteiger partial charge in [-0.2, -0.15) is 0 Å². The molecule has 19 heavy (non-hydrogen) atoms. The van der Waals surface area contributed by atoms with Gasteiger partial charge in [-0.3, -0.25) is 0 Å². The minimum Gasteiger partial charge on any atom is -0.396 e. The number of aromatic nitrogens is 2. The first kappa shape index (κ1) is 12.8. The number of nitrogens with one attached hydrogen (secondary N) is 1. The maximum atomic E-state index is 9.30. The molecule has 2 heterocycles. The molecule has 0 spiro atoms. The number of nitrogens with zero attached hydrogens (tertiary/aromatic N) is 2. The molecule has 2 N–H and O–H groups in total. The van der Waals surface area contributed by atoms with Gasteiger partial charge in [0.25, 0.3) is 0 Å². The highest BCUT2D eigenvalue weighted by atomic mass is 32.1. The van der Waals surface area contributed by atoms with Gasteiger partial charge in [0.05, 0.1) is 10.2 Å². The van der Waals surface area contributed by atoms with Gasteiger partial charge in [-0.25, -0.2) is 9.97 Å². The molecule has 3 rings (SSSR count). The number of thiophene rings is 1. The number of aliphatic hydroxyl groups is 1. The van der Waals surface area contributed by atoms with Crippen LogP contribution in [0.4, 0.5) is 5.82 Å². The summed E-state index contributed by atoms with van der Waals surface area (Å²) in [7, 11) is 0. The van der Waals surface area contributed by atoms with E-state index in [-0.39, 0.29) is 0 Å². The Morgan fingerprint density at radius 3 is 3.16 bits per heavy atom. The van der Waals surface area contributed by atoms with E-state index in [9.17, 15) is 5.11 Å². The zero-order chi connectivity index (χ0) is 13.2. The molecular formula is C14H19N3OS. The van der Waals surface area contributed by atoms with Crippen molar-refractivity contribution < 1.29 is 5.11 Å². The summed E-state index contributed by atoms with van der Waals surface area (Å²) in [6.45, 7) is 2.38. The van der Waals surface area contributed by atoms with E-state index in [2.05, 4.69) is 27.6 Å². The van der Waals surface area contributed by atoms with Crippen molar-refractivity contribution in [3.63, 3.8) is 0 Å². The fourth-order valence-electron chi connectivity index (χ4n) is 2.85. The van der Waals surface area contributed by atoms with Gasteiger partial charge in [0.1, 0.15) is 12.1 Å². The smallest absolute Gasteiger partial charge is 0.147 e. The fourth-order valence-corrected chi connectivity index (χ4v) is 3.81. The molecule has 1 aliphatic carbocycles. The quantitative estimate of drug-likeness (QED) is 0.905. The molecule has 2 atom stereocenters. The fraction of sp³-hybridized carbons (Fsp3) is 0.571. The van der Waals surface area contributed by atoms with Crippen LogP contribution in [-0.2, 0) is 0 Å². The van der Waals surface area contributed by atoms with Crippen LogP contribution in [0.2, 0.25) is 0 Å². The monoisotopic (exact) mass is 277 g/mol. The van der Waals surface area contributed by atoms with Crippen molar-refractivity contribution in [2.45, 2.75) is 38.6 Å². The second-order valence-corrected chi connectivity index (χ2v) is 6.25. The number of aliphatic hydroxyl groups excluding tert-OH is 1. The van der Waals surface area contributed by atoms with E-state index in [1.807, 2.05) is 0 Å². The average Bonchev–Trinajstić information content (AvgIpc) is 2.82. The van der Waals surface area contributed by atoms with Gasteiger partial charge in [0, 0.05) is 12.6 Å². The molecule has 4 nitrogen and oxygen atoms in total. The van der Waals surface area contributed by atoms with Gasteiger partial charge in [-0.1, -0.05) is 6.42 Å². The third-order valence-corrected chi connectivity index (χ3v) is 5.01. The predicted octanol–water partition coefficient (Wildman–Crippen LogP) is 2.96. The Morgan fingerprint density at radius 2 is 2.32 bits per heavy atom. The van der Waals surface area contributed by atoms with Gasteiger partial charge >= 0.3 is 0 Å². The molecule has 0 saturated heterocycles. The maximum absolute atomic E-state index is 9.30. The van der Waals surface area contributed by atoms with E-state index in [0.717, 1.165) is 35.3 Å². The van der Waals surface area contributed by atoms with Crippen LogP contribution in [0.15, 0.2) is 11.7 Å². The summed E-state index contributed by atoms with van der Waals surface area (Å²) >= 11 is 1.70. The lowest BCUT2D eigenvalue weighted by Crippen LogP contribution is -2.29. The lowest BCUT2D eigenvalue weighted by Gasteiger charge is -2.29. The largest absolute Gasteiger partial charge is 0.396 e. The summed E-state index contributed by atoms with van der Waals surface area (Å²) in [6, 6.07) is 0.423. The normalized spacial score (nSPS) is 23.7. The maximum Gasteiger partial charge on any atom is 0.147 e. The molecule has 102 valence electrons. The number of anilines is 1. The second-order valence-electron chi connectivity index (χ2n) is 5.38. The number of rotatable bonds is 3. The summed E-state index contributed by atoms with van der Waals surface area (Å²) in [5.41, 5.74) is 2.26. The molecule has 0 radical (unpaired) electrons. The highest BCUT2D eigenvalue weighted by Gasteiger charge is 2.22. The van der Waals surface area contributed by atoms with E-state index in [4.69, 9.17) is 0 Å². The Morgan fingerprint density at radius 1 is 1.42 bits per heavy atom. The summed E-state index contributed by atoms with van der Waals surface area (Å²) in [6.07, 6.45) is 6.15. The third-order valence-electron chi connectivity index (χ3n) is 3.91. The zero-order valence-electron chi connectivity index (χ0n) is 11.1. The van der Waals surface area contributed by atoms with Crippen molar-refractivity contribution in [2.75, 3.05) is 11.9 Å². The molecule has 1 saturated carbocycles. The summed E-state index contributed by atoms with van der Waals surface area (Å²) < 4.78 is 1.14. The zero-order valence-corrected chi connectivity index (χ0v) is 11.9. The first-order valence-electron chi connectivity index (χ1n) is 6.84. The molecule has 0 aliphatic heterocycles. The number of hydrogen-bond donors (Lipinski definition) is 2. The highest BCUT2D eigenvalue weighted by Crippen LogP contribution is 2.31.